The Labute approximate surface area is 164 Å². The van der Waals surface area contributed by atoms with Crippen LogP contribution in [0.3, 0.4) is 0 Å². The monoisotopic (exact) mass is 384 g/mol. The van der Waals surface area contributed by atoms with Crippen LogP contribution in [0.1, 0.15) is 33.3 Å². The van der Waals surface area contributed by atoms with Crippen molar-refractivity contribution in [1.82, 2.24) is 20.3 Å². The molecule has 6 N–H and O–H groups in total. The van der Waals surface area contributed by atoms with E-state index in [2.05, 4.69) is 25.6 Å². The highest BCUT2D eigenvalue weighted by Gasteiger charge is 2.29. The van der Waals surface area contributed by atoms with E-state index in [9.17, 15) is 9.59 Å². The van der Waals surface area contributed by atoms with Crippen LogP contribution in [0.5, 0.6) is 0 Å². The highest BCUT2D eigenvalue weighted by molar-refractivity contribution is 5.98. The number of rotatable bonds is 6. The fraction of sp³-hybridized carbons (Fsp3) is 0.350. The van der Waals surface area contributed by atoms with Gasteiger partial charge in [-0.05, 0) is 25.5 Å². The van der Waals surface area contributed by atoms with E-state index in [0.717, 1.165) is 16.5 Å². The Kier molecular flexibility index (Phi) is 6.94. The second-order valence-corrected chi connectivity index (χ2v) is 6.77. The first-order chi connectivity index (χ1) is 13.3. The van der Waals surface area contributed by atoms with E-state index in [-0.39, 0.29) is 5.91 Å². The summed E-state index contributed by atoms with van der Waals surface area (Å²) < 4.78 is 0. The topological polar surface area (TPSA) is 129 Å². The Balaban J connectivity index is 0.00000136. The van der Waals surface area contributed by atoms with Crippen LogP contribution in [-0.4, -0.2) is 38.3 Å². The van der Waals surface area contributed by atoms with Crippen molar-refractivity contribution in [2.75, 3.05) is 5.32 Å². The lowest BCUT2D eigenvalue weighted by Crippen LogP contribution is -2.55. The predicted molar refractivity (Wildman–Crippen MR) is 111 cm³/mol. The van der Waals surface area contributed by atoms with Crippen LogP contribution in [0.25, 0.3) is 10.9 Å². The SMILES string of the molecule is CC.CC(C)(N)C(=O)NC(Cc1c[nH]c2ccccc12)C(=O)Nc1cnc[nH]1. The van der Waals surface area contributed by atoms with E-state index in [1.165, 1.54) is 12.5 Å². The molecule has 3 aromatic rings. The van der Waals surface area contributed by atoms with Crippen molar-refractivity contribution < 1.29 is 9.59 Å². The third-order valence-corrected chi connectivity index (χ3v) is 4.06. The number of para-hydroxylation sites is 1. The molecule has 0 aliphatic rings. The van der Waals surface area contributed by atoms with Crippen molar-refractivity contribution in [2.45, 2.75) is 45.7 Å². The predicted octanol–water partition coefficient (Wildman–Crippen LogP) is 2.32. The number of nitrogens with two attached hydrogens (primary N) is 1. The molecular weight excluding hydrogens is 356 g/mol. The normalized spacial score (nSPS) is 12.0. The number of benzene rings is 1. The number of carbonyl (C=O) groups is 2. The summed E-state index contributed by atoms with van der Waals surface area (Å²) in [6.07, 6.45) is 5.13. The number of aromatic amines is 2. The first-order valence-electron chi connectivity index (χ1n) is 9.28. The molecule has 0 aliphatic heterocycles. The molecule has 0 aliphatic carbocycles. The maximum atomic E-state index is 12.7. The number of aromatic nitrogens is 3. The van der Waals surface area contributed by atoms with Crippen LogP contribution in [0, 0.1) is 0 Å². The summed E-state index contributed by atoms with van der Waals surface area (Å²) >= 11 is 0. The number of carbonyl (C=O) groups excluding carboxylic acids is 2. The summed E-state index contributed by atoms with van der Waals surface area (Å²) in [6, 6.07) is 7.01. The van der Waals surface area contributed by atoms with E-state index in [4.69, 9.17) is 5.73 Å². The Bertz CT molecular complexity index is 908. The molecule has 0 radical (unpaired) electrons. The molecule has 3 rings (SSSR count). The lowest BCUT2D eigenvalue weighted by atomic mass is 10.0. The largest absolute Gasteiger partial charge is 0.361 e. The van der Waals surface area contributed by atoms with E-state index < -0.39 is 17.5 Å². The molecule has 2 aromatic heterocycles. The molecule has 0 spiro atoms. The van der Waals surface area contributed by atoms with Gasteiger partial charge in [-0.1, -0.05) is 32.0 Å². The standard InChI is InChI=1S/C18H22N6O2.C2H6/c1-18(2,19)17(26)23-14(16(25)24-15-9-20-10-22-15)7-11-8-21-13-6-4-3-5-12(11)13;1-2/h3-6,8-10,14,21H,7,19H2,1-2H3,(H,20,22)(H,23,26)(H,24,25);1-2H3. The average molecular weight is 384 g/mol. The first kappa shape index (κ1) is 21.2. The first-order valence-corrected chi connectivity index (χ1v) is 9.28. The Morgan fingerprint density at radius 3 is 2.57 bits per heavy atom. The van der Waals surface area contributed by atoms with Gasteiger partial charge in [0.15, 0.2) is 0 Å². The second-order valence-electron chi connectivity index (χ2n) is 6.77. The van der Waals surface area contributed by atoms with Gasteiger partial charge in [0, 0.05) is 23.5 Å². The number of anilines is 1. The van der Waals surface area contributed by atoms with E-state index in [1.807, 2.05) is 44.3 Å². The number of hydrogen-bond acceptors (Lipinski definition) is 4. The molecule has 8 nitrogen and oxygen atoms in total. The molecule has 0 fully saturated rings. The van der Waals surface area contributed by atoms with Gasteiger partial charge in [-0.25, -0.2) is 4.98 Å². The fourth-order valence-electron chi connectivity index (χ4n) is 2.62. The molecule has 150 valence electrons. The minimum atomic E-state index is -1.09. The minimum Gasteiger partial charge on any atom is -0.361 e. The van der Waals surface area contributed by atoms with E-state index in [1.54, 1.807) is 13.8 Å². The molecule has 1 atom stereocenters. The van der Waals surface area contributed by atoms with Crippen LogP contribution in [-0.2, 0) is 16.0 Å². The fourth-order valence-corrected chi connectivity index (χ4v) is 2.62. The quantitative estimate of drug-likeness (QED) is 0.447. The van der Waals surface area contributed by atoms with Gasteiger partial charge in [0.25, 0.3) is 0 Å². The molecule has 0 saturated heterocycles. The van der Waals surface area contributed by atoms with Gasteiger partial charge >= 0.3 is 0 Å². The molecular formula is C20H28N6O2. The van der Waals surface area contributed by atoms with Gasteiger partial charge in [0.2, 0.25) is 11.8 Å². The summed E-state index contributed by atoms with van der Waals surface area (Å²) in [5.41, 5.74) is 6.67. The van der Waals surface area contributed by atoms with Crippen molar-refractivity contribution in [3.05, 3.63) is 48.5 Å². The number of nitrogens with one attached hydrogen (secondary N) is 4. The summed E-state index contributed by atoms with van der Waals surface area (Å²) in [6.45, 7) is 7.19. The molecule has 1 unspecified atom stereocenters. The van der Waals surface area contributed by atoms with Gasteiger partial charge in [-0.2, -0.15) is 0 Å². The van der Waals surface area contributed by atoms with Crippen LogP contribution >= 0.6 is 0 Å². The lowest BCUT2D eigenvalue weighted by molar-refractivity contribution is -0.129. The highest BCUT2D eigenvalue weighted by atomic mass is 16.2. The van der Waals surface area contributed by atoms with Crippen molar-refractivity contribution in [2.24, 2.45) is 5.73 Å². The van der Waals surface area contributed by atoms with Crippen molar-refractivity contribution in [3.8, 4) is 0 Å². The maximum Gasteiger partial charge on any atom is 0.248 e. The zero-order chi connectivity index (χ0) is 20.7. The zero-order valence-electron chi connectivity index (χ0n) is 16.7. The number of hydrogen-bond donors (Lipinski definition) is 5. The summed E-state index contributed by atoms with van der Waals surface area (Å²) in [4.78, 5) is 34.9. The van der Waals surface area contributed by atoms with Gasteiger partial charge < -0.3 is 26.3 Å². The molecule has 28 heavy (non-hydrogen) atoms. The van der Waals surface area contributed by atoms with Crippen LogP contribution in [0.15, 0.2) is 43.0 Å². The third-order valence-electron chi connectivity index (χ3n) is 4.06. The van der Waals surface area contributed by atoms with Crippen molar-refractivity contribution >= 4 is 28.5 Å². The summed E-state index contributed by atoms with van der Waals surface area (Å²) in [5, 5.41) is 6.47. The highest BCUT2D eigenvalue weighted by Crippen LogP contribution is 2.19. The molecule has 1 aromatic carbocycles. The van der Waals surface area contributed by atoms with Crippen molar-refractivity contribution in [3.63, 3.8) is 0 Å². The second kappa shape index (κ2) is 9.18. The number of amides is 2. The molecule has 2 amide bonds. The summed E-state index contributed by atoms with van der Waals surface area (Å²) in [5.74, 6) is -0.292. The molecule has 0 bridgehead atoms. The number of nitrogens with zero attached hydrogens (tertiary/aromatic N) is 1. The van der Waals surface area contributed by atoms with Crippen LogP contribution in [0.2, 0.25) is 0 Å². The number of imidazole rings is 1. The Morgan fingerprint density at radius 1 is 1.21 bits per heavy atom. The average Bonchev–Trinajstić information content (AvgIpc) is 3.32. The van der Waals surface area contributed by atoms with Gasteiger partial charge in [0.05, 0.1) is 18.1 Å². The molecule has 0 saturated carbocycles. The van der Waals surface area contributed by atoms with Gasteiger partial charge in [-0.15, -0.1) is 0 Å². The Hall–Kier alpha value is -3.13. The third kappa shape index (κ3) is 5.20. The smallest absolute Gasteiger partial charge is 0.248 e. The lowest BCUT2D eigenvalue weighted by Gasteiger charge is -2.23. The number of H-pyrrole nitrogens is 2. The number of fused-ring (bicyclic) bond motifs is 1. The van der Waals surface area contributed by atoms with Crippen molar-refractivity contribution in [1.29, 1.82) is 0 Å². The Morgan fingerprint density at radius 2 is 1.93 bits per heavy atom. The molecule has 8 heteroatoms. The minimum absolute atomic E-state index is 0.325. The van der Waals surface area contributed by atoms with Gasteiger partial charge in [-0.3, -0.25) is 9.59 Å². The van der Waals surface area contributed by atoms with E-state index in [0.29, 0.717) is 12.2 Å². The molecule has 2 heterocycles. The maximum absolute atomic E-state index is 12.7. The van der Waals surface area contributed by atoms with E-state index >= 15 is 0 Å². The van der Waals surface area contributed by atoms with Gasteiger partial charge in [0.1, 0.15) is 11.9 Å². The van der Waals surface area contributed by atoms with Crippen LogP contribution < -0.4 is 16.4 Å². The zero-order valence-corrected chi connectivity index (χ0v) is 16.7. The summed E-state index contributed by atoms with van der Waals surface area (Å²) in [7, 11) is 0. The van der Waals surface area contributed by atoms with Crippen LogP contribution in [0.4, 0.5) is 5.82 Å².